The molecule has 4 rings (SSSR count). The lowest BCUT2D eigenvalue weighted by atomic mass is 9.94. The van der Waals surface area contributed by atoms with Crippen LogP contribution in [-0.4, -0.2) is 18.4 Å². The highest BCUT2D eigenvalue weighted by atomic mass is 32.1. The number of carbonyl (C=O) groups excluding carboxylic acids is 2. The summed E-state index contributed by atoms with van der Waals surface area (Å²) >= 11 is 1.52. The van der Waals surface area contributed by atoms with E-state index in [1.165, 1.54) is 11.3 Å². The number of aryl methyl sites for hydroxylation is 1. The van der Waals surface area contributed by atoms with Crippen LogP contribution in [0, 0.1) is 6.92 Å². The molecule has 4 nitrogen and oxygen atoms in total. The Morgan fingerprint density at radius 2 is 1.71 bits per heavy atom. The number of thiophene rings is 1. The fraction of sp³-hybridized carbons (Fsp3) is 0.217. The summed E-state index contributed by atoms with van der Waals surface area (Å²) in [6.45, 7) is 4.18. The highest BCUT2D eigenvalue weighted by Gasteiger charge is 2.34. The molecule has 0 radical (unpaired) electrons. The van der Waals surface area contributed by atoms with Crippen LogP contribution >= 0.6 is 11.3 Å². The Morgan fingerprint density at radius 1 is 1.00 bits per heavy atom. The van der Waals surface area contributed by atoms with Crippen molar-refractivity contribution in [3.63, 3.8) is 0 Å². The second-order valence-electron chi connectivity index (χ2n) is 6.95. The van der Waals surface area contributed by atoms with Gasteiger partial charge < -0.3 is 9.80 Å². The highest BCUT2D eigenvalue weighted by Crippen LogP contribution is 2.40. The lowest BCUT2D eigenvalue weighted by Crippen LogP contribution is -2.42. The third-order valence-electron chi connectivity index (χ3n) is 5.09. The minimum Gasteiger partial charge on any atom is -0.307 e. The van der Waals surface area contributed by atoms with Crippen molar-refractivity contribution in [3.05, 3.63) is 82.0 Å². The molecule has 1 aromatic heterocycles. The van der Waals surface area contributed by atoms with Gasteiger partial charge in [0.2, 0.25) is 5.91 Å². The van der Waals surface area contributed by atoms with E-state index in [-0.39, 0.29) is 17.9 Å². The summed E-state index contributed by atoms with van der Waals surface area (Å²) in [5.41, 5.74) is 2.77. The van der Waals surface area contributed by atoms with E-state index < -0.39 is 0 Å². The second kappa shape index (κ2) is 7.60. The molecule has 0 saturated carbocycles. The Balaban J connectivity index is 1.73. The average molecular weight is 391 g/mol. The van der Waals surface area contributed by atoms with Gasteiger partial charge in [-0.1, -0.05) is 36.4 Å². The Kier molecular flexibility index (Phi) is 5.01. The quantitative estimate of drug-likeness (QED) is 0.617. The number of para-hydroxylation sites is 2. The standard InChI is InChI=1S/C23H22N2O2S/c1-16-12-13-22(28-16)23(27)24-15-14-21(19-10-6-7-11-20(19)24)25(17(2)26)18-8-4-3-5-9-18/h3-13,21H,14-15H2,1-2H3/t21-/m1/s1. The van der Waals surface area contributed by atoms with Gasteiger partial charge in [-0.3, -0.25) is 9.59 Å². The van der Waals surface area contributed by atoms with Crippen LogP contribution < -0.4 is 9.80 Å². The van der Waals surface area contributed by atoms with Gasteiger partial charge in [0.1, 0.15) is 0 Å². The van der Waals surface area contributed by atoms with E-state index in [1.807, 2.05) is 83.5 Å². The SMILES string of the molecule is CC(=O)N(c1ccccc1)[C@@H]1CCN(C(=O)c2ccc(C)s2)c2ccccc21. The third-order valence-corrected chi connectivity index (χ3v) is 6.08. The number of fused-ring (bicyclic) bond motifs is 1. The Morgan fingerprint density at radius 3 is 2.39 bits per heavy atom. The average Bonchev–Trinajstić information content (AvgIpc) is 3.15. The molecule has 1 aliphatic rings. The van der Waals surface area contributed by atoms with Gasteiger partial charge >= 0.3 is 0 Å². The number of hydrogen-bond donors (Lipinski definition) is 0. The monoisotopic (exact) mass is 390 g/mol. The van der Waals surface area contributed by atoms with Crippen molar-refractivity contribution in [2.45, 2.75) is 26.3 Å². The van der Waals surface area contributed by atoms with Crippen molar-refractivity contribution in [1.82, 2.24) is 0 Å². The maximum absolute atomic E-state index is 13.1. The number of benzene rings is 2. The molecule has 1 aliphatic heterocycles. The van der Waals surface area contributed by atoms with Gasteiger partial charge in [-0.25, -0.2) is 0 Å². The lowest BCUT2D eigenvalue weighted by Gasteiger charge is -2.39. The van der Waals surface area contributed by atoms with Crippen LogP contribution in [0.5, 0.6) is 0 Å². The third kappa shape index (κ3) is 3.34. The number of amides is 2. The minimum absolute atomic E-state index is 0.000314. The van der Waals surface area contributed by atoms with E-state index in [2.05, 4.69) is 0 Å². The molecular formula is C23H22N2O2S. The molecule has 5 heteroatoms. The fourth-order valence-corrected chi connectivity index (χ4v) is 4.69. The molecule has 2 aromatic carbocycles. The van der Waals surface area contributed by atoms with E-state index in [4.69, 9.17) is 0 Å². The summed E-state index contributed by atoms with van der Waals surface area (Å²) in [6.07, 6.45) is 0.696. The van der Waals surface area contributed by atoms with E-state index in [0.717, 1.165) is 26.7 Å². The van der Waals surface area contributed by atoms with Gasteiger partial charge in [0.25, 0.3) is 5.91 Å². The molecule has 3 aromatic rings. The maximum atomic E-state index is 13.1. The number of carbonyl (C=O) groups is 2. The smallest absolute Gasteiger partial charge is 0.268 e. The summed E-state index contributed by atoms with van der Waals surface area (Å²) in [5, 5.41) is 0. The van der Waals surface area contributed by atoms with Crippen LogP contribution in [0.1, 0.15) is 39.5 Å². The molecule has 0 spiro atoms. The van der Waals surface area contributed by atoms with Crippen molar-refractivity contribution < 1.29 is 9.59 Å². The number of nitrogens with zero attached hydrogens (tertiary/aromatic N) is 2. The molecule has 0 aliphatic carbocycles. The Hall–Kier alpha value is -2.92. The molecular weight excluding hydrogens is 368 g/mol. The van der Waals surface area contributed by atoms with Gasteiger partial charge in [0, 0.05) is 29.7 Å². The summed E-state index contributed by atoms with van der Waals surface area (Å²) < 4.78 is 0. The highest BCUT2D eigenvalue weighted by molar-refractivity contribution is 7.14. The normalized spacial score (nSPS) is 15.8. The molecule has 142 valence electrons. The zero-order valence-electron chi connectivity index (χ0n) is 16.0. The molecule has 28 heavy (non-hydrogen) atoms. The van der Waals surface area contributed by atoms with E-state index in [1.54, 1.807) is 6.92 Å². The van der Waals surface area contributed by atoms with E-state index in [0.29, 0.717) is 13.0 Å². The zero-order valence-corrected chi connectivity index (χ0v) is 16.8. The molecule has 2 amide bonds. The predicted octanol–water partition coefficient (Wildman–Crippen LogP) is 5.20. The predicted molar refractivity (Wildman–Crippen MR) is 114 cm³/mol. The molecule has 0 bridgehead atoms. The summed E-state index contributed by atoms with van der Waals surface area (Å²) in [5.74, 6) is 0.0257. The molecule has 1 atom stereocenters. The van der Waals surface area contributed by atoms with Gasteiger partial charge in [-0.15, -0.1) is 11.3 Å². The Bertz CT molecular complexity index is 1010. The van der Waals surface area contributed by atoms with E-state index >= 15 is 0 Å². The first-order chi connectivity index (χ1) is 13.6. The van der Waals surface area contributed by atoms with Crippen molar-refractivity contribution in [2.24, 2.45) is 0 Å². The lowest BCUT2D eigenvalue weighted by molar-refractivity contribution is -0.117. The van der Waals surface area contributed by atoms with Crippen LogP contribution in [0.4, 0.5) is 11.4 Å². The maximum Gasteiger partial charge on any atom is 0.268 e. The first-order valence-corrected chi connectivity index (χ1v) is 10.2. The van der Waals surface area contributed by atoms with Crippen LogP contribution in [0.2, 0.25) is 0 Å². The van der Waals surface area contributed by atoms with Gasteiger partial charge in [0.15, 0.2) is 0 Å². The zero-order chi connectivity index (χ0) is 19.7. The van der Waals surface area contributed by atoms with Crippen molar-refractivity contribution in [2.75, 3.05) is 16.3 Å². The summed E-state index contributed by atoms with van der Waals surface area (Å²) in [4.78, 5) is 31.2. The van der Waals surface area contributed by atoms with Gasteiger partial charge in [-0.2, -0.15) is 0 Å². The topological polar surface area (TPSA) is 40.6 Å². The molecule has 0 fully saturated rings. The van der Waals surface area contributed by atoms with E-state index in [9.17, 15) is 9.59 Å². The van der Waals surface area contributed by atoms with Crippen molar-refractivity contribution in [3.8, 4) is 0 Å². The number of rotatable bonds is 3. The van der Waals surface area contributed by atoms with Crippen LogP contribution in [-0.2, 0) is 4.79 Å². The fourth-order valence-electron chi connectivity index (χ4n) is 3.87. The molecule has 0 unspecified atom stereocenters. The summed E-state index contributed by atoms with van der Waals surface area (Å²) in [6, 6.07) is 21.4. The summed E-state index contributed by atoms with van der Waals surface area (Å²) in [7, 11) is 0. The van der Waals surface area contributed by atoms with Gasteiger partial charge in [-0.05, 0) is 49.2 Å². The van der Waals surface area contributed by atoms with Crippen molar-refractivity contribution >= 4 is 34.5 Å². The molecule has 0 N–H and O–H groups in total. The number of hydrogen-bond acceptors (Lipinski definition) is 3. The van der Waals surface area contributed by atoms with Gasteiger partial charge in [0.05, 0.1) is 10.9 Å². The number of anilines is 2. The van der Waals surface area contributed by atoms with Crippen LogP contribution in [0.15, 0.2) is 66.7 Å². The minimum atomic E-state index is -0.0924. The first kappa shape index (κ1) is 18.4. The first-order valence-electron chi connectivity index (χ1n) is 9.38. The largest absolute Gasteiger partial charge is 0.307 e. The van der Waals surface area contributed by atoms with Crippen molar-refractivity contribution in [1.29, 1.82) is 0 Å². The van der Waals surface area contributed by atoms with Crippen LogP contribution in [0.3, 0.4) is 0 Å². The molecule has 0 saturated heterocycles. The Labute approximate surface area is 169 Å². The molecule has 2 heterocycles. The van der Waals surface area contributed by atoms with Crippen LogP contribution in [0.25, 0.3) is 0 Å². The second-order valence-corrected chi connectivity index (χ2v) is 8.24.